The first kappa shape index (κ1) is 17.5. The summed E-state index contributed by atoms with van der Waals surface area (Å²) in [5, 5.41) is 17.9. The number of anilines is 4. The molecule has 0 saturated carbocycles. The molecular formula is C20H18N6O2. The van der Waals surface area contributed by atoms with Crippen molar-refractivity contribution in [2.45, 2.75) is 13.5 Å². The summed E-state index contributed by atoms with van der Waals surface area (Å²) in [6.07, 6.45) is 1.54. The lowest BCUT2D eigenvalue weighted by Gasteiger charge is -2.09. The van der Waals surface area contributed by atoms with Gasteiger partial charge in [-0.3, -0.25) is 0 Å². The molecule has 2 heterocycles. The first-order valence-corrected chi connectivity index (χ1v) is 8.68. The average molecular weight is 374 g/mol. The summed E-state index contributed by atoms with van der Waals surface area (Å²) in [5.74, 6) is 2.88. The van der Waals surface area contributed by atoms with Gasteiger partial charge in [0.1, 0.15) is 18.1 Å². The summed E-state index contributed by atoms with van der Waals surface area (Å²) in [6, 6.07) is 19.4. The van der Waals surface area contributed by atoms with Crippen LogP contribution in [-0.4, -0.2) is 20.3 Å². The van der Waals surface area contributed by atoms with Crippen LogP contribution in [0.4, 0.5) is 23.3 Å². The lowest BCUT2D eigenvalue weighted by molar-refractivity contribution is 0.306. The van der Waals surface area contributed by atoms with Crippen molar-refractivity contribution in [2.24, 2.45) is 0 Å². The number of hydrogen-bond acceptors (Lipinski definition) is 8. The predicted octanol–water partition coefficient (Wildman–Crippen LogP) is 4.23. The fourth-order valence-corrected chi connectivity index (χ4v) is 2.48. The highest BCUT2D eigenvalue weighted by molar-refractivity contribution is 5.58. The minimum atomic E-state index is 0.320. The van der Waals surface area contributed by atoms with Gasteiger partial charge in [-0.1, -0.05) is 35.5 Å². The average Bonchev–Trinajstić information content (AvgIpc) is 3.13. The molecule has 4 aromatic rings. The predicted molar refractivity (Wildman–Crippen MR) is 105 cm³/mol. The van der Waals surface area contributed by atoms with Crippen molar-refractivity contribution in [3.8, 4) is 5.75 Å². The van der Waals surface area contributed by atoms with Gasteiger partial charge in [0.05, 0.1) is 6.20 Å². The van der Waals surface area contributed by atoms with Crippen LogP contribution in [0.3, 0.4) is 0 Å². The summed E-state index contributed by atoms with van der Waals surface area (Å²) in [7, 11) is 0. The third-order valence-corrected chi connectivity index (χ3v) is 3.80. The van der Waals surface area contributed by atoms with Crippen LogP contribution in [0.1, 0.15) is 11.3 Å². The molecule has 0 aliphatic carbocycles. The van der Waals surface area contributed by atoms with E-state index in [4.69, 9.17) is 9.26 Å². The van der Waals surface area contributed by atoms with E-state index in [-0.39, 0.29) is 0 Å². The number of benzene rings is 2. The number of nitrogens with zero attached hydrogens (tertiary/aromatic N) is 4. The Labute approximate surface area is 161 Å². The molecule has 2 aromatic heterocycles. The van der Waals surface area contributed by atoms with Gasteiger partial charge in [0.15, 0.2) is 11.6 Å². The quantitative estimate of drug-likeness (QED) is 0.496. The van der Waals surface area contributed by atoms with Crippen molar-refractivity contribution in [2.75, 3.05) is 10.6 Å². The van der Waals surface area contributed by atoms with Gasteiger partial charge in [0, 0.05) is 11.8 Å². The van der Waals surface area contributed by atoms with Gasteiger partial charge < -0.3 is 19.9 Å². The third-order valence-electron chi connectivity index (χ3n) is 3.80. The summed E-state index contributed by atoms with van der Waals surface area (Å²) in [6.45, 7) is 2.34. The topological polar surface area (TPSA) is 98.0 Å². The number of hydrogen-bond donors (Lipinski definition) is 2. The monoisotopic (exact) mass is 374 g/mol. The van der Waals surface area contributed by atoms with Crippen molar-refractivity contribution in [1.82, 2.24) is 20.3 Å². The third kappa shape index (κ3) is 4.61. The SMILES string of the molecule is Cc1cc(Nc2nncc(Nc3ccc(OCc4ccccc4)cc3)n2)no1. The molecule has 0 atom stereocenters. The molecule has 0 unspecified atom stereocenters. The molecule has 0 amide bonds. The molecule has 0 aliphatic heterocycles. The van der Waals surface area contributed by atoms with Gasteiger partial charge in [-0.15, -0.1) is 5.10 Å². The molecule has 140 valence electrons. The van der Waals surface area contributed by atoms with Crippen molar-refractivity contribution in [3.05, 3.63) is 78.2 Å². The standard InChI is InChI=1S/C20H18N6O2/c1-14-11-18(26-28-14)23-20-24-19(12-21-25-20)22-16-7-9-17(10-8-16)27-13-15-5-3-2-4-6-15/h2-12H,13H2,1H3,(H2,22,23,24,25,26). The molecule has 0 spiro atoms. The van der Waals surface area contributed by atoms with E-state index in [0.717, 1.165) is 17.0 Å². The molecule has 0 aliphatic rings. The molecule has 8 heteroatoms. The Morgan fingerprint density at radius 2 is 1.79 bits per heavy atom. The second-order valence-electron chi connectivity index (χ2n) is 6.04. The summed E-state index contributed by atoms with van der Waals surface area (Å²) < 4.78 is 10.8. The zero-order valence-corrected chi connectivity index (χ0v) is 15.2. The van der Waals surface area contributed by atoms with Gasteiger partial charge in [0.2, 0.25) is 5.95 Å². The van der Waals surface area contributed by atoms with Crippen LogP contribution < -0.4 is 15.4 Å². The molecule has 0 fully saturated rings. The molecule has 8 nitrogen and oxygen atoms in total. The first-order chi connectivity index (χ1) is 13.7. The molecule has 4 rings (SSSR count). The molecule has 28 heavy (non-hydrogen) atoms. The van der Waals surface area contributed by atoms with E-state index in [2.05, 4.69) is 31.0 Å². The van der Waals surface area contributed by atoms with Gasteiger partial charge in [-0.05, 0) is 36.8 Å². The molecule has 2 aromatic carbocycles. The Morgan fingerprint density at radius 1 is 0.964 bits per heavy atom. The van der Waals surface area contributed by atoms with Gasteiger partial charge in [-0.25, -0.2) is 0 Å². The van der Waals surface area contributed by atoms with E-state index in [1.807, 2.05) is 61.5 Å². The van der Waals surface area contributed by atoms with Crippen LogP contribution >= 0.6 is 0 Å². The second-order valence-corrected chi connectivity index (χ2v) is 6.04. The van der Waals surface area contributed by atoms with Crippen molar-refractivity contribution in [3.63, 3.8) is 0 Å². The minimum Gasteiger partial charge on any atom is -0.489 e. The van der Waals surface area contributed by atoms with E-state index >= 15 is 0 Å². The largest absolute Gasteiger partial charge is 0.489 e. The number of nitrogens with one attached hydrogen (secondary N) is 2. The van der Waals surface area contributed by atoms with Gasteiger partial charge >= 0.3 is 0 Å². The molecule has 0 bridgehead atoms. The summed E-state index contributed by atoms with van der Waals surface area (Å²) in [5.41, 5.74) is 1.98. The maximum absolute atomic E-state index is 5.79. The maximum Gasteiger partial charge on any atom is 0.250 e. The smallest absolute Gasteiger partial charge is 0.250 e. The lowest BCUT2D eigenvalue weighted by Crippen LogP contribution is -2.02. The van der Waals surface area contributed by atoms with Gasteiger partial charge in [0.25, 0.3) is 0 Å². The van der Waals surface area contributed by atoms with Crippen LogP contribution in [0.5, 0.6) is 5.75 Å². The number of rotatable bonds is 7. The van der Waals surface area contributed by atoms with Crippen molar-refractivity contribution < 1.29 is 9.26 Å². The van der Waals surface area contributed by atoms with Crippen LogP contribution in [-0.2, 0) is 6.61 Å². The molecular weight excluding hydrogens is 356 g/mol. The Morgan fingerprint density at radius 3 is 2.54 bits per heavy atom. The highest BCUT2D eigenvalue weighted by Crippen LogP contribution is 2.20. The van der Waals surface area contributed by atoms with E-state index in [1.165, 1.54) is 0 Å². The zero-order valence-electron chi connectivity index (χ0n) is 15.2. The highest BCUT2D eigenvalue weighted by Gasteiger charge is 2.05. The van der Waals surface area contributed by atoms with Crippen molar-refractivity contribution in [1.29, 1.82) is 0 Å². The fourth-order valence-electron chi connectivity index (χ4n) is 2.48. The molecule has 2 N–H and O–H groups in total. The number of aryl methyl sites for hydroxylation is 1. The number of ether oxygens (including phenoxy) is 1. The van der Waals surface area contributed by atoms with E-state index in [0.29, 0.717) is 30.0 Å². The van der Waals surface area contributed by atoms with E-state index in [1.54, 1.807) is 12.3 Å². The Kier molecular flexibility index (Phi) is 5.10. The normalized spacial score (nSPS) is 10.5. The summed E-state index contributed by atoms with van der Waals surface area (Å²) in [4.78, 5) is 4.36. The van der Waals surface area contributed by atoms with Crippen LogP contribution in [0.15, 0.2) is 71.4 Å². The van der Waals surface area contributed by atoms with Crippen LogP contribution in [0, 0.1) is 6.92 Å². The van der Waals surface area contributed by atoms with Crippen LogP contribution in [0.2, 0.25) is 0 Å². The molecule has 0 radical (unpaired) electrons. The minimum absolute atomic E-state index is 0.320. The Balaban J connectivity index is 1.37. The Hall–Kier alpha value is -3.94. The number of aromatic nitrogens is 4. The van der Waals surface area contributed by atoms with E-state index in [9.17, 15) is 0 Å². The lowest BCUT2D eigenvalue weighted by atomic mass is 10.2. The van der Waals surface area contributed by atoms with Crippen LogP contribution in [0.25, 0.3) is 0 Å². The maximum atomic E-state index is 5.79. The van der Waals surface area contributed by atoms with E-state index < -0.39 is 0 Å². The summed E-state index contributed by atoms with van der Waals surface area (Å²) >= 11 is 0. The van der Waals surface area contributed by atoms with Gasteiger partial charge in [-0.2, -0.15) is 10.1 Å². The van der Waals surface area contributed by atoms with Crippen molar-refractivity contribution >= 4 is 23.3 Å². The highest BCUT2D eigenvalue weighted by atomic mass is 16.5. The Bertz CT molecular complexity index is 1030. The fraction of sp³-hybridized carbons (Fsp3) is 0.100. The first-order valence-electron chi connectivity index (χ1n) is 8.68. The molecule has 0 saturated heterocycles. The second kappa shape index (κ2) is 8.17. The zero-order chi connectivity index (χ0) is 19.2.